The highest BCUT2D eigenvalue weighted by atomic mass is 35.5. The lowest BCUT2D eigenvalue weighted by Gasteiger charge is -2.13. The molecule has 1 aromatic rings. The van der Waals surface area contributed by atoms with Crippen LogP contribution in [0.3, 0.4) is 0 Å². The molecule has 0 radical (unpaired) electrons. The van der Waals surface area contributed by atoms with Crippen molar-refractivity contribution < 1.29 is 19.4 Å². The highest BCUT2D eigenvalue weighted by Crippen LogP contribution is 2.35. The van der Waals surface area contributed by atoms with Gasteiger partial charge in [0.25, 0.3) is 0 Å². The second-order valence-electron chi connectivity index (χ2n) is 4.57. The first-order valence-corrected chi connectivity index (χ1v) is 6.21. The van der Waals surface area contributed by atoms with E-state index in [1.165, 1.54) is 7.11 Å². The fourth-order valence-corrected chi connectivity index (χ4v) is 2.04. The van der Waals surface area contributed by atoms with Gasteiger partial charge in [-0.2, -0.15) is 0 Å². The summed E-state index contributed by atoms with van der Waals surface area (Å²) in [6.45, 7) is 0. The number of ether oxygens (including phenoxy) is 1. The number of carbonyl (C=O) groups is 2. The van der Waals surface area contributed by atoms with E-state index >= 15 is 0 Å². The van der Waals surface area contributed by atoms with E-state index in [0.717, 1.165) is 0 Å². The summed E-state index contributed by atoms with van der Waals surface area (Å²) in [5, 5.41) is 12.0. The van der Waals surface area contributed by atoms with Crippen molar-refractivity contribution in [1.29, 1.82) is 0 Å². The van der Waals surface area contributed by atoms with Crippen LogP contribution >= 0.6 is 11.6 Å². The Balaban J connectivity index is 2.01. The number of carboxylic acid groups (broad SMARTS) is 1. The summed E-state index contributed by atoms with van der Waals surface area (Å²) in [7, 11) is 1.53. The largest absolute Gasteiger partial charge is 0.497 e. The van der Waals surface area contributed by atoms with Gasteiger partial charge in [0.2, 0.25) is 5.91 Å². The summed E-state index contributed by atoms with van der Waals surface area (Å²) >= 11 is 6.03. The van der Waals surface area contributed by atoms with Crippen molar-refractivity contribution in [2.45, 2.75) is 24.8 Å². The Bertz CT molecular complexity index is 525. The predicted octanol–water partition coefficient (Wildman–Crippen LogP) is 1.62. The molecule has 6 heteroatoms. The number of carbonyl (C=O) groups excluding carboxylic acids is 1. The maximum atomic E-state index is 11.8. The number of carboxylic acids is 1. The summed E-state index contributed by atoms with van der Waals surface area (Å²) in [5.74, 6) is -0.716. The van der Waals surface area contributed by atoms with Gasteiger partial charge in [-0.05, 0) is 30.5 Å². The number of halogens is 1. The molecule has 0 spiro atoms. The van der Waals surface area contributed by atoms with E-state index in [4.69, 9.17) is 21.4 Å². The van der Waals surface area contributed by atoms with Crippen molar-refractivity contribution in [2.75, 3.05) is 7.11 Å². The zero-order valence-corrected chi connectivity index (χ0v) is 11.2. The number of methoxy groups -OCH3 is 1. The lowest BCUT2D eigenvalue weighted by molar-refractivity contribution is -0.143. The summed E-state index contributed by atoms with van der Waals surface area (Å²) < 4.78 is 5.01. The third kappa shape index (κ3) is 2.98. The molecule has 1 amide bonds. The molecule has 2 N–H and O–H groups in total. The van der Waals surface area contributed by atoms with E-state index in [-0.39, 0.29) is 12.3 Å². The van der Waals surface area contributed by atoms with Crippen LogP contribution in [0.5, 0.6) is 5.75 Å². The van der Waals surface area contributed by atoms with Crippen LogP contribution in [0.1, 0.15) is 18.4 Å². The molecule has 0 heterocycles. The minimum Gasteiger partial charge on any atom is -0.497 e. The summed E-state index contributed by atoms with van der Waals surface area (Å²) in [5.41, 5.74) is -0.420. The molecule has 5 nitrogen and oxygen atoms in total. The average Bonchev–Trinajstić information content (AvgIpc) is 3.12. The van der Waals surface area contributed by atoms with Gasteiger partial charge < -0.3 is 15.2 Å². The number of hydrogen-bond acceptors (Lipinski definition) is 3. The summed E-state index contributed by atoms with van der Waals surface area (Å²) in [4.78, 5) is 22.8. The van der Waals surface area contributed by atoms with Crippen LogP contribution < -0.4 is 10.1 Å². The van der Waals surface area contributed by atoms with Gasteiger partial charge in [-0.3, -0.25) is 4.79 Å². The van der Waals surface area contributed by atoms with Crippen LogP contribution in [0.2, 0.25) is 5.02 Å². The molecular formula is C13H14ClNO4. The quantitative estimate of drug-likeness (QED) is 0.861. The van der Waals surface area contributed by atoms with Crippen LogP contribution in [0.15, 0.2) is 18.2 Å². The highest BCUT2D eigenvalue weighted by Gasteiger charge is 2.51. The third-order valence-corrected chi connectivity index (χ3v) is 3.50. The molecule has 1 saturated carbocycles. The predicted molar refractivity (Wildman–Crippen MR) is 69.5 cm³/mol. The Hall–Kier alpha value is -1.75. The Kier molecular flexibility index (Phi) is 3.66. The van der Waals surface area contributed by atoms with E-state index in [1.807, 2.05) is 0 Å². The topological polar surface area (TPSA) is 75.6 Å². The van der Waals surface area contributed by atoms with Gasteiger partial charge in [-0.1, -0.05) is 17.7 Å². The first-order chi connectivity index (χ1) is 8.97. The smallest absolute Gasteiger partial charge is 0.329 e. The van der Waals surface area contributed by atoms with Crippen LogP contribution in [-0.2, 0) is 16.0 Å². The number of aliphatic carboxylic acids is 1. The zero-order valence-electron chi connectivity index (χ0n) is 10.4. The SMILES string of the molecule is COc1ccc(CC(=O)NC2(C(=O)O)CC2)c(Cl)c1. The Labute approximate surface area is 115 Å². The van der Waals surface area contributed by atoms with Crippen molar-refractivity contribution in [2.24, 2.45) is 0 Å². The van der Waals surface area contributed by atoms with Gasteiger partial charge in [-0.25, -0.2) is 4.79 Å². The molecule has 0 saturated heterocycles. The molecule has 1 aliphatic carbocycles. The highest BCUT2D eigenvalue weighted by molar-refractivity contribution is 6.31. The zero-order chi connectivity index (χ0) is 14.0. The van der Waals surface area contributed by atoms with E-state index < -0.39 is 11.5 Å². The molecule has 19 heavy (non-hydrogen) atoms. The molecule has 0 atom stereocenters. The summed E-state index contributed by atoms with van der Waals surface area (Å²) in [6, 6.07) is 5.02. The van der Waals surface area contributed by atoms with Gasteiger partial charge >= 0.3 is 5.97 Å². The number of amides is 1. The number of nitrogens with one attached hydrogen (secondary N) is 1. The molecule has 0 unspecified atom stereocenters. The Morgan fingerprint density at radius 3 is 2.63 bits per heavy atom. The summed E-state index contributed by atoms with van der Waals surface area (Å²) in [6.07, 6.45) is 1.01. The normalized spacial score (nSPS) is 15.7. The van der Waals surface area contributed by atoms with E-state index in [2.05, 4.69) is 5.32 Å². The van der Waals surface area contributed by atoms with Crippen LogP contribution in [0.25, 0.3) is 0 Å². The molecule has 1 aliphatic rings. The van der Waals surface area contributed by atoms with Crippen LogP contribution in [0.4, 0.5) is 0 Å². The van der Waals surface area contributed by atoms with Crippen LogP contribution in [0, 0.1) is 0 Å². The molecule has 1 fully saturated rings. The fourth-order valence-electron chi connectivity index (χ4n) is 1.80. The molecule has 0 aliphatic heterocycles. The molecule has 1 aromatic carbocycles. The van der Waals surface area contributed by atoms with E-state index in [9.17, 15) is 9.59 Å². The standard InChI is InChI=1S/C13H14ClNO4/c1-19-9-3-2-8(10(14)7-9)6-11(16)15-13(4-5-13)12(17)18/h2-3,7H,4-6H2,1H3,(H,15,16)(H,17,18). The first kappa shape index (κ1) is 13.7. The number of rotatable bonds is 5. The van der Waals surface area contributed by atoms with Gasteiger partial charge in [0.05, 0.1) is 13.5 Å². The van der Waals surface area contributed by atoms with E-state index in [0.29, 0.717) is 29.2 Å². The molecule has 2 rings (SSSR count). The lowest BCUT2D eigenvalue weighted by Crippen LogP contribution is -2.43. The monoisotopic (exact) mass is 283 g/mol. The van der Waals surface area contributed by atoms with Crippen molar-refractivity contribution in [3.63, 3.8) is 0 Å². The fraction of sp³-hybridized carbons (Fsp3) is 0.385. The minimum absolute atomic E-state index is 0.0534. The third-order valence-electron chi connectivity index (χ3n) is 3.15. The molecular weight excluding hydrogens is 270 g/mol. The lowest BCUT2D eigenvalue weighted by atomic mass is 10.1. The number of benzene rings is 1. The second kappa shape index (κ2) is 5.09. The molecule has 102 valence electrons. The Morgan fingerprint density at radius 2 is 2.16 bits per heavy atom. The average molecular weight is 284 g/mol. The van der Waals surface area contributed by atoms with Crippen molar-refractivity contribution in [1.82, 2.24) is 5.32 Å². The first-order valence-electron chi connectivity index (χ1n) is 5.84. The maximum absolute atomic E-state index is 11.8. The van der Waals surface area contributed by atoms with E-state index in [1.54, 1.807) is 18.2 Å². The van der Waals surface area contributed by atoms with Crippen molar-refractivity contribution in [3.05, 3.63) is 28.8 Å². The minimum atomic E-state index is -1.06. The van der Waals surface area contributed by atoms with Crippen molar-refractivity contribution in [3.8, 4) is 5.75 Å². The van der Waals surface area contributed by atoms with Gasteiger partial charge in [0, 0.05) is 5.02 Å². The Morgan fingerprint density at radius 1 is 1.47 bits per heavy atom. The molecule has 0 aromatic heterocycles. The number of hydrogen-bond donors (Lipinski definition) is 2. The second-order valence-corrected chi connectivity index (χ2v) is 4.98. The van der Waals surface area contributed by atoms with Crippen LogP contribution in [-0.4, -0.2) is 29.6 Å². The van der Waals surface area contributed by atoms with Gasteiger partial charge in [0.15, 0.2) is 0 Å². The van der Waals surface area contributed by atoms with Gasteiger partial charge in [0.1, 0.15) is 11.3 Å². The maximum Gasteiger partial charge on any atom is 0.329 e. The van der Waals surface area contributed by atoms with Crippen molar-refractivity contribution >= 4 is 23.5 Å². The van der Waals surface area contributed by atoms with Gasteiger partial charge in [-0.15, -0.1) is 0 Å². The molecule has 0 bridgehead atoms.